The van der Waals surface area contributed by atoms with E-state index in [0.29, 0.717) is 11.3 Å². The van der Waals surface area contributed by atoms with Crippen molar-refractivity contribution in [3.05, 3.63) is 94.3 Å². The fourth-order valence-electron chi connectivity index (χ4n) is 2.42. The second-order valence-electron chi connectivity index (χ2n) is 6.01. The zero-order valence-corrected chi connectivity index (χ0v) is 15.6. The Hall–Kier alpha value is -3.06. The number of benzene rings is 3. The maximum absolute atomic E-state index is 13.7. The van der Waals surface area contributed by atoms with E-state index in [1.807, 2.05) is 0 Å². The van der Waals surface area contributed by atoms with Crippen LogP contribution < -0.4 is 10.2 Å². The van der Waals surface area contributed by atoms with E-state index in [9.17, 15) is 17.6 Å². The summed E-state index contributed by atoms with van der Waals surface area (Å²) in [5.41, 5.74) is 2.99. The van der Waals surface area contributed by atoms with Crippen LogP contribution in [0.2, 0.25) is 5.02 Å². The number of rotatable bonds is 6. The maximum atomic E-state index is 13.7. The zero-order chi connectivity index (χ0) is 20.9. The van der Waals surface area contributed by atoms with Crippen molar-refractivity contribution >= 4 is 23.5 Å². The lowest BCUT2D eigenvalue weighted by atomic mass is 10.2. The van der Waals surface area contributed by atoms with E-state index < -0.39 is 17.6 Å². The quantitative estimate of drug-likeness (QED) is 0.278. The van der Waals surface area contributed by atoms with Crippen LogP contribution in [0.5, 0.6) is 5.75 Å². The lowest BCUT2D eigenvalue weighted by Crippen LogP contribution is -2.05. The average molecular weight is 423 g/mol. The van der Waals surface area contributed by atoms with Crippen LogP contribution in [0.1, 0.15) is 16.7 Å². The van der Waals surface area contributed by atoms with Gasteiger partial charge in [-0.15, -0.1) is 0 Å². The molecule has 0 aromatic heterocycles. The first kappa shape index (κ1) is 20.7. The number of hydrogen-bond donors (Lipinski definition) is 1. The van der Waals surface area contributed by atoms with Gasteiger partial charge in [-0.3, -0.25) is 5.43 Å². The average Bonchev–Trinajstić information content (AvgIpc) is 2.68. The Labute approximate surface area is 169 Å². The summed E-state index contributed by atoms with van der Waals surface area (Å²) in [5.74, 6) is 0.0641. The molecule has 3 aromatic carbocycles. The number of anilines is 1. The molecule has 0 aliphatic carbocycles. The van der Waals surface area contributed by atoms with Gasteiger partial charge in [0.2, 0.25) is 0 Å². The van der Waals surface area contributed by atoms with Crippen LogP contribution in [0, 0.1) is 5.82 Å². The number of nitrogens with zero attached hydrogens (tertiary/aromatic N) is 1. The Kier molecular flexibility index (Phi) is 6.39. The van der Waals surface area contributed by atoms with Gasteiger partial charge in [-0.2, -0.15) is 18.3 Å². The summed E-state index contributed by atoms with van der Waals surface area (Å²) in [6.07, 6.45) is -2.96. The van der Waals surface area contributed by atoms with Crippen molar-refractivity contribution in [1.29, 1.82) is 0 Å². The van der Waals surface area contributed by atoms with Crippen molar-refractivity contribution in [2.45, 2.75) is 12.8 Å². The minimum atomic E-state index is -4.41. The smallest absolute Gasteiger partial charge is 0.416 e. The molecule has 8 heteroatoms. The summed E-state index contributed by atoms with van der Waals surface area (Å²) in [6.45, 7) is -0.0178. The van der Waals surface area contributed by atoms with Gasteiger partial charge in [-0.1, -0.05) is 23.7 Å². The molecular weight excluding hydrogens is 408 g/mol. The highest BCUT2D eigenvalue weighted by Gasteiger charge is 2.30. The van der Waals surface area contributed by atoms with E-state index in [4.69, 9.17) is 16.3 Å². The van der Waals surface area contributed by atoms with E-state index in [0.717, 1.165) is 12.1 Å². The largest absolute Gasteiger partial charge is 0.489 e. The van der Waals surface area contributed by atoms with Gasteiger partial charge in [-0.25, -0.2) is 4.39 Å². The summed E-state index contributed by atoms with van der Waals surface area (Å²) in [5, 5.41) is 4.22. The lowest BCUT2D eigenvalue weighted by Gasteiger charge is -2.09. The zero-order valence-electron chi connectivity index (χ0n) is 14.9. The van der Waals surface area contributed by atoms with Crippen molar-refractivity contribution in [3.8, 4) is 5.75 Å². The normalized spacial score (nSPS) is 11.6. The first-order valence-electron chi connectivity index (χ1n) is 8.45. The Morgan fingerprint density at radius 2 is 1.72 bits per heavy atom. The first-order valence-corrected chi connectivity index (χ1v) is 8.83. The molecule has 3 aromatic rings. The molecule has 0 amide bonds. The fourth-order valence-corrected chi connectivity index (χ4v) is 2.64. The van der Waals surface area contributed by atoms with Crippen molar-refractivity contribution < 1.29 is 22.3 Å². The van der Waals surface area contributed by atoms with Gasteiger partial charge >= 0.3 is 6.18 Å². The van der Waals surface area contributed by atoms with Crippen molar-refractivity contribution in [3.63, 3.8) is 0 Å². The number of alkyl halides is 3. The summed E-state index contributed by atoms with van der Waals surface area (Å²) in [7, 11) is 0. The summed E-state index contributed by atoms with van der Waals surface area (Å²) in [4.78, 5) is 0. The van der Waals surface area contributed by atoms with Gasteiger partial charge in [0, 0.05) is 5.56 Å². The Morgan fingerprint density at radius 1 is 1.00 bits per heavy atom. The maximum Gasteiger partial charge on any atom is 0.416 e. The molecule has 0 aliphatic heterocycles. The predicted octanol–water partition coefficient (Wildman–Crippen LogP) is 6.52. The second-order valence-corrected chi connectivity index (χ2v) is 6.41. The highest BCUT2D eigenvalue weighted by molar-refractivity contribution is 6.31. The Balaban J connectivity index is 1.58. The minimum absolute atomic E-state index is 0.0178. The van der Waals surface area contributed by atoms with Crippen LogP contribution in [0.3, 0.4) is 0 Å². The van der Waals surface area contributed by atoms with Crippen molar-refractivity contribution in [2.24, 2.45) is 5.10 Å². The number of ether oxygens (including phenoxy) is 1. The summed E-state index contributed by atoms with van der Waals surface area (Å²) >= 11 is 5.96. The first-order chi connectivity index (χ1) is 13.8. The van der Waals surface area contributed by atoms with Crippen LogP contribution in [-0.4, -0.2) is 6.21 Å². The topological polar surface area (TPSA) is 33.6 Å². The lowest BCUT2D eigenvalue weighted by molar-refractivity contribution is -0.137. The molecule has 3 nitrogen and oxygen atoms in total. The van der Waals surface area contributed by atoms with Crippen LogP contribution in [0.25, 0.3) is 0 Å². The molecule has 0 unspecified atom stereocenters. The molecule has 150 valence electrons. The van der Waals surface area contributed by atoms with Gasteiger partial charge in [0.25, 0.3) is 0 Å². The van der Waals surface area contributed by atoms with Gasteiger partial charge in [0.15, 0.2) is 0 Å². The molecule has 29 heavy (non-hydrogen) atoms. The van der Waals surface area contributed by atoms with E-state index in [-0.39, 0.29) is 22.9 Å². The molecule has 3 rings (SSSR count). The Morgan fingerprint density at radius 3 is 2.41 bits per heavy atom. The fraction of sp³-hybridized carbons (Fsp3) is 0.0952. The highest BCUT2D eigenvalue weighted by atomic mass is 35.5. The van der Waals surface area contributed by atoms with Gasteiger partial charge < -0.3 is 4.74 Å². The monoisotopic (exact) mass is 422 g/mol. The summed E-state index contributed by atoms with van der Waals surface area (Å²) < 4.78 is 57.4. The van der Waals surface area contributed by atoms with Crippen molar-refractivity contribution in [2.75, 3.05) is 5.43 Å². The van der Waals surface area contributed by atoms with Crippen molar-refractivity contribution in [1.82, 2.24) is 0 Å². The Bertz CT molecular complexity index is 984. The third kappa shape index (κ3) is 5.71. The van der Waals surface area contributed by atoms with E-state index in [1.54, 1.807) is 30.3 Å². The van der Waals surface area contributed by atoms with Crippen LogP contribution in [0.15, 0.2) is 71.8 Å². The molecular formula is C21H15ClF4N2O. The summed E-state index contributed by atoms with van der Waals surface area (Å²) in [6, 6.07) is 15.9. The molecule has 1 N–H and O–H groups in total. The van der Waals surface area contributed by atoms with E-state index >= 15 is 0 Å². The third-order valence-corrected chi connectivity index (χ3v) is 4.28. The minimum Gasteiger partial charge on any atom is -0.489 e. The molecule has 0 heterocycles. The van der Waals surface area contributed by atoms with E-state index in [1.165, 1.54) is 30.5 Å². The van der Waals surface area contributed by atoms with Crippen LogP contribution >= 0.6 is 11.6 Å². The number of halogens is 5. The molecule has 0 radical (unpaired) electrons. The second kappa shape index (κ2) is 8.96. The van der Waals surface area contributed by atoms with Gasteiger partial charge in [-0.05, 0) is 60.2 Å². The van der Waals surface area contributed by atoms with E-state index in [2.05, 4.69) is 10.5 Å². The molecule has 0 saturated heterocycles. The standard InChI is InChI=1S/C21H15ClF4N2O/c22-19-5-2-6-20(23)18(19)13-29-17-9-7-14(8-10-17)12-27-28-16-4-1-3-15(11-16)21(24,25)26/h1-12,28H,13H2. The molecule has 0 fully saturated rings. The predicted molar refractivity (Wildman–Crippen MR) is 105 cm³/mol. The molecule has 0 aliphatic rings. The number of hydrogen-bond acceptors (Lipinski definition) is 3. The van der Waals surface area contributed by atoms with Gasteiger partial charge in [0.1, 0.15) is 18.2 Å². The molecule has 0 atom stereocenters. The highest BCUT2D eigenvalue weighted by Crippen LogP contribution is 2.30. The molecule has 0 saturated carbocycles. The SMILES string of the molecule is Fc1cccc(Cl)c1COc1ccc(C=NNc2cccc(C(F)(F)F)c2)cc1. The van der Waals surface area contributed by atoms with Crippen LogP contribution in [-0.2, 0) is 12.8 Å². The third-order valence-electron chi connectivity index (χ3n) is 3.92. The van der Waals surface area contributed by atoms with Gasteiger partial charge in [0.05, 0.1) is 22.5 Å². The number of hydrazone groups is 1. The van der Waals surface area contributed by atoms with Crippen LogP contribution in [0.4, 0.5) is 23.2 Å². The molecule has 0 bridgehead atoms. The molecule has 0 spiro atoms. The number of nitrogens with one attached hydrogen (secondary N) is 1.